The highest BCUT2D eigenvalue weighted by molar-refractivity contribution is 7.29. The van der Waals surface area contributed by atoms with E-state index in [9.17, 15) is 0 Å². The summed E-state index contributed by atoms with van der Waals surface area (Å²) < 4.78 is 3.69. The summed E-state index contributed by atoms with van der Waals surface area (Å²) in [6, 6.07) is 0. The Morgan fingerprint density at radius 2 is 0.639 bits per heavy atom. The second kappa shape index (κ2) is 12.7. The van der Waals surface area contributed by atoms with Crippen LogP contribution < -0.4 is 14.7 Å². The number of anilines is 3. The van der Waals surface area contributed by atoms with Crippen LogP contribution in [-0.2, 0) is 0 Å². The van der Waals surface area contributed by atoms with Crippen LogP contribution in [0.1, 0.15) is 80.1 Å². The zero-order valence-corrected chi connectivity index (χ0v) is 25.3. The first-order chi connectivity index (χ1) is 17.6. The number of benzene rings is 1. The standard InChI is InChI=1S/C27H42N6S3/c1-7-13-31(14-8-2)25-28-19-22(34-25)20-24(36-26(29-20)32(15-9-3)16-10-4)21-23(19)35-27(30-21)33(17-11-5)18-12-6/h7-18H2,1-6H3. The van der Waals surface area contributed by atoms with Gasteiger partial charge in [0.15, 0.2) is 15.4 Å². The first kappa shape index (κ1) is 27.3. The Morgan fingerprint density at radius 3 is 0.833 bits per heavy atom. The van der Waals surface area contributed by atoms with Crippen LogP contribution in [0.3, 0.4) is 0 Å². The van der Waals surface area contributed by atoms with Crippen molar-refractivity contribution in [2.24, 2.45) is 0 Å². The lowest BCUT2D eigenvalue weighted by molar-refractivity contribution is 0.743. The molecule has 4 aromatic rings. The third kappa shape index (κ3) is 5.43. The van der Waals surface area contributed by atoms with Crippen molar-refractivity contribution in [1.82, 2.24) is 15.0 Å². The van der Waals surface area contributed by atoms with Crippen LogP contribution >= 0.6 is 34.0 Å². The molecular weight excluding hydrogens is 505 g/mol. The molecule has 0 saturated carbocycles. The highest BCUT2D eigenvalue weighted by atomic mass is 32.1. The summed E-state index contributed by atoms with van der Waals surface area (Å²) in [5.41, 5.74) is 3.29. The Kier molecular flexibility index (Phi) is 9.64. The lowest BCUT2D eigenvalue weighted by Crippen LogP contribution is -2.24. The lowest BCUT2D eigenvalue weighted by Gasteiger charge is -2.19. The smallest absolute Gasteiger partial charge is 0.186 e. The highest BCUT2D eigenvalue weighted by Crippen LogP contribution is 2.46. The van der Waals surface area contributed by atoms with Crippen molar-refractivity contribution in [2.45, 2.75) is 80.1 Å². The SMILES string of the molecule is CCCN(CCC)c1nc2c(s1)c1nc(N(CCC)CCC)sc1c1nc(N(CCC)CCC)sc21. The predicted octanol–water partition coefficient (Wildman–Crippen LogP) is 8.39. The number of fused-ring (bicyclic) bond motifs is 6. The molecule has 4 rings (SSSR count). The Balaban J connectivity index is 1.97. The third-order valence-electron chi connectivity index (χ3n) is 6.27. The predicted molar refractivity (Wildman–Crippen MR) is 164 cm³/mol. The molecule has 0 aliphatic rings. The molecule has 3 heterocycles. The van der Waals surface area contributed by atoms with Crippen LogP contribution in [0, 0.1) is 0 Å². The number of rotatable bonds is 15. The molecule has 3 aromatic heterocycles. The van der Waals surface area contributed by atoms with Crippen LogP contribution in [0.4, 0.5) is 15.4 Å². The number of nitrogens with zero attached hydrogens (tertiary/aromatic N) is 6. The molecule has 0 fully saturated rings. The Morgan fingerprint density at radius 1 is 0.417 bits per heavy atom. The summed E-state index contributed by atoms with van der Waals surface area (Å²) in [6.45, 7) is 19.7. The molecule has 36 heavy (non-hydrogen) atoms. The fraction of sp³-hybridized carbons (Fsp3) is 0.667. The summed E-state index contributed by atoms with van der Waals surface area (Å²) in [5, 5.41) is 3.39. The molecule has 0 aliphatic carbocycles. The van der Waals surface area contributed by atoms with Crippen molar-refractivity contribution in [3.05, 3.63) is 0 Å². The zero-order valence-electron chi connectivity index (χ0n) is 22.9. The van der Waals surface area contributed by atoms with Crippen LogP contribution in [-0.4, -0.2) is 54.2 Å². The van der Waals surface area contributed by atoms with Crippen molar-refractivity contribution >= 4 is 80.1 Å². The number of hydrogen-bond donors (Lipinski definition) is 0. The van der Waals surface area contributed by atoms with Gasteiger partial charge in [0, 0.05) is 39.3 Å². The number of thiazole rings is 3. The van der Waals surface area contributed by atoms with E-state index >= 15 is 0 Å². The molecule has 0 unspecified atom stereocenters. The van der Waals surface area contributed by atoms with Gasteiger partial charge in [0.2, 0.25) is 0 Å². The first-order valence-corrected chi connectivity index (χ1v) is 16.3. The average molecular weight is 547 g/mol. The minimum absolute atomic E-state index is 1.04. The topological polar surface area (TPSA) is 48.4 Å². The average Bonchev–Trinajstić information content (AvgIpc) is 3.59. The molecule has 0 atom stereocenters. The van der Waals surface area contributed by atoms with Gasteiger partial charge >= 0.3 is 0 Å². The molecule has 6 nitrogen and oxygen atoms in total. The van der Waals surface area contributed by atoms with Crippen LogP contribution in [0.25, 0.3) is 30.6 Å². The van der Waals surface area contributed by atoms with Gasteiger partial charge in [0.05, 0.1) is 14.1 Å². The fourth-order valence-corrected chi connectivity index (χ4v) is 8.36. The monoisotopic (exact) mass is 546 g/mol. The van der Waals surface area contributed by atoms with Crippen molar-refractivity contribution in [2.75, 3.05) is 54.0 Å². The molecule has 0 spiro atoms. The van der Waals surface area contributed by atoms with E-state index in [0.29, 0.717) is 0 Å². The van der Waals surface area contributed by atoms with E-state index in [4.69, 9.17) is 15.0 Å². The molecular formula is C27H42N6S3. The molecule has 0 N–H and O–H groups in total. The summed E-state index contributed by atoms with van der Waals surface area (Å²) in [5.74, 6) is 0. The quantitative estimate of drug-likeness (QED) is 0.149. The Labute approximate surface area is 228 Å². The van der Waals surface area contributed by atoms with E-state index in [0.717, 1.165) is 110 Å². The second-order valence-corrected chi connectivity index (χ2v) is 12.4. The van der Waals surface area contributed by atoms with E-state index in [2.05, 4.69) is 56.2 Å². The molecule has 1 aromatic carbocycles. The second-order valence-electron chi connectivity index (χ2n) is 9.48. The van der Waals surface area contributed by atoms with Gasteiger partial charge in [-0.2, -0.15) is 0 Å². The van der Waals surface area contributed by atoms with Crippen molar-refractivity contribution in [3.8, 4) is 0 Å². The summed E-state index contributed by atoms with van der Waals surface area (Å²) in [6.07, 6.45) is 6.74. The Hall–Kier alpha value is -1.71. The largest absolute Gasteiger partial charge is 0.348 e. The first-order valence-electron chi connectivity index (χ1n) is 13.9. The van der Waals surface area contributed by atoms with Gasteiger partial charge < -0.3 is 14.7 Å². The fourth-order valence-electron chi connectivity index (χ4n) is 4.80. The molecule has 9 heteroatoms. The zero-order chi connectivity index (χ0) is 25.7. The van der Waals surface area contributed by atoms with Crippen molar-refractivity contribution in [1.29, 1.82) is 0 Å². The molecule has 0 bridgehead atoms. The van der Waals surface area contributed by atoms with Gasteiger partial charge in [0.25, 0.3) is 0 Å². The van der Waals surface area contributed by atoms with E-state index in [1.165, 1.54) is 14.1 Å². The van der Waals surface area contributed by atoms with Crippen LogP contribution in [0.2, 0.25) is 0 Å². The van der Waals surface area contributed by atoms with Crippen LogP contribution in [0.5, 0.6) is 0 Å². The summed E-state index contributed by atoms with van der Waals surface area (Å²) in [7, 11) is 0. The van der Waals surface area contributed by atoms with Gasteiger partial charge in [-0.1, -0.05) is 75.6 Å². The normalized spacial score (nSPS) is 11.8. The van der Waals surface area contributed by atoms with Crippen molar-refractivity contribution in [3.63, 3.8) is 0 Å². The third-order valence-corrected chi connectivity index (χ3v) is 9.63. The maximum absolute atomic E-state index is 5.27. The molecule has 0 radical (unpaired) electrons. The summed E-state index contributed by atoms with van der Waals surface area (Å²) >= 11 is 5.48. The van der Waals surface area contributed by atoms with Gasteiger partial charge in [0.1, 0.15) is 16.6 Å². The maximum Gasteiger partial charge on any atom is 0.186 e. The van der Waals surface area contributed by atoms with Gasteiger partial charge in [-0.05, 0) is 38.5 Å². The van der Waals surface area contributed by atoms with E-state index in [1.807, 2.05) is 34.0 Å². The summed E-state index contributed by atoms with van der Waals surface area (Å²) in [4.78, 5) is 23.2. The highest BCUT2D eigenvalue weighted by Gasteiger charge is 2.24. The molecule has 0 aliphatic heterocycles. The number of hydrogen-bond acceptors (Lipinski definition) is 9. The van der Waals surface area contributed by atoms with E-state index in [-0.39, 0.29) is 0 Å². The van der Waals surface area contributed by atoms with E-state index in [1.54, 1.807) is 0 Å². The molecule has 0 saturated heterocycles. The van der Waals surface area contributed by atoms with Crippen LogP contribution in [0.15, 0.2) is 0 Å². The number of aromatic nitrogens is 3. The van der Waals surface area contributed by atoms with Crippen molar-refractivity contribution < 1.29 is 0 Å². The maximum atomic E-state index is 5.27. The molecule has 198 valence electrons. The van der Waals surface area contributed by atoms with Gasteiger partial charge in [-0.15, -0.1) is 0 Å². The van der Waals surface area contributed by atoms with E-state index < -0.39 is 0 Å². The van der Waals surface area contributed by atoms with Gasteiger partial charge in [-0.25, -0.2) is 15.0 Å². The Bertz CT molecular complexity index is 990. The lowest BCUT2D eigenvalue weighted by atomic mass is 10.3. The van der Waals surface area contributed by atoms with Gasteiger partial charge in [-0.3, -0.25) is 0 Å². The minimum Gasteiger partial charge on any atom is -0.348 e. The molecule has 0 amide bonds. The minimum atomic E-state index is 1.04.